The quantitative estimate of drug-likeness (QED) is 0.604. The van der Waals surface area contributed by atoms with Gasteiger partial charge in [0.1, 0.15) is 5.75 Å². The highest BCUT2D eigenvalue weighted by Gasteiger charge is 2.11. The molecule has 0 saturated carbocycles. The third-order valence-corrected chi connectivity index (χ3v) is 2.13. The molecule has 0 N–H and O–H groups in total. The van der Waals surface area contributed by atoms with Crippen molar-refractivity contribution in [3.05, 3.63) is 23.5 Å². The molecule has 0 atom stereocenters. The van der Waals surface area contributed by atoms with Crippen molar-refractivity contribution >= 4 is 0 Å². The lowest BCUT2D eigenvalue weighted by atomic mass is 10.2. The molecule has 58 valence electrons. The summed E-state index contributed by atoms with van der Waals surface area (Å²) in [4.78, 5) is 4.31. The molecule has 1 heterocycles. The van der Waals surface area contributed by atoms with Gasteiger partial charge in [-0.1, -0.05) is 0 Å². The average molecular weight is 149 g/mol. The van der Waals surface area contributed by atoms with Crippen molar-refractivity contribution in [1.82, 2.24) is 4.98 Å². The van der Waals surface area contributed by atoms with Gasteiger partial charge in [-0.05, 0) is 30.9 Å². The number of pyridine rings is 1. The molecule has 0 radical (unpaired) electrons. The van der Waals surface area contributed by atoms with E-state index >= 15 is 0 Å². The minimum Gasteiger partial charge on any atom is -0.495 e. The van der Waals surface area contributed by atoms with Crippen molar-refractivity contribution in [1.29, 1.82) is 0 Å². The molecule has 2 nitrogen and oxygen atoms in total. The zero-order valence-corrected chi connectivity index (χ0v) is 6.63. The molecule has 2 rings (SSSR count). The highest BCUT2D eigenvalue weighted by atomic mass is 16.5. The second-order valence-electron chi connectivity index (χ2n) is 2.83. The second kappa shape index (κ2) is 2.53. The molecule has 0 unspecified atom stereocenters. The van der Waals surface area contributed by atoms with E-state index in [-0.39, 0.29) is 0 Å². The highest BCUT2D eigenvalue weighted by molar-refractivity contribution is 5.32. The SMILES string of the molecule is COc1cnc2c(c1)CCC2. The van der Waals surface area contributed by atoms with Gasteiger partial charge in [-0.25, -0.2) is 0 Å². The van der Waals surface area contributed by atoms with E-state index < -0.39 is 0 Å². The Morgan fingerprint density at radius 1 is 1.45 bits per heavy atom. The lowest BCUT2D eigenvalue weighted by Crippen LogP contribution is -1.90. The van der Waals surface area contributed by atoms with Gasteiger partial charge in [0.25, 0.3) is 0 Å². The van der Waals surface area contributed by atoms with Crippen LogP contribution >= 0.6 is 0 Å². The fourth-order valence-electron chi connectivity index (χ4n) is 1.52. The Kier molecular flexibility index (Phi) is 1.53. The third kappa shape index (κ3) is 1.09. The first-order valence-electron chi connectivity index (χ1n) is 3.92. The molecule has 0 fully saturated rings. The molecule has 0 saturated heterocycles. The first-order valence-corrected chi connectivity index (χ1v) is 3.92. The summed E-state index contributed by atoms with van der Waals surface area (Å²) in [7, 11) is 1.68. The summed E-state index contributed by atoms with van der Waals surface area (Å²) in [5, 5.41) is 0. The van der Waals surface area contributed by atoms with Gasteiger partial charge >= 0.3 is 0 Å². The van der Waals surface area contributed by atoms with Crippen LogP contribution in [0, 0.1) is 0 Å². The second-order valence-corrected chi connectivity index (χ2v) is 2.83. The maximum absolute atomic E-state index is 5.08. The highest BCUT2D eigenvalue weighted by Crippen LogP contribution is 2.23. The number of hydrogen-bond donors (Lipinski definition) is 0. The fourth-order valence-corrected chi connectivity index (χ4v) is 1.52. The molecular formula is C9H11NO. The third-order valence-electron chi connectivity index (χ3n) is 2.13. The summed E-state index contributed by atoms with van der Waals surface area (Å²) in [6.45, 7) is 0. The van der Waals surface area contributed by atoms with Crippen LogP contribution in [0.4, 0.5) is 0 Å². The molecule has 0 aromatic carbocycles. The van der Waals surface area contributed by atoms with Gasteiger partial charge in [0, 0.05) is 5.69 Å². The maximum atomic E-state index is 5.08. The Bertz CT molecular complexity index is 270. The molecule has 2 heteroatoms. The molecule has 1 aliphatic rings. The summed E-state index contributed by atoms with van der Waals surface area (Å²) in [6, 6.07) is 2.09. The molecule has 0 amide bonds. The van der Waals surface area contributed by atoms with Crippen molar-refractivity contribution in [2.24, 2.45) is 0 Å². The van der Waals surface area contributed by atoms with Crippen LogP contribution in [0.25, 0.3) is 0 Å². The molecule has 1 aliphatic carbocycles. The zero-order valence-electron chi connectivity index (χ0n) is 6.63. The summed E-state index contributed by atoms with van der Waals surface area (Å²) in [5.74, 6) is 0.880. The molecule has 1 aromatic rings. The number of aryl methyl sites for hydroxylation is 2. The van der Waals surface area contributed by atoms with E-state index in [0.717, 1.165) is 12.2 Å². The number of hydrogen-bond acceptors (Lipinski definition) is 2. The topological polar surface area (TPSA) is 22.1 Å². The van der Waals surface area contributed by atoms with Gasteiger partial charge in [-0.3, -0.25) is 4.98 Å². The van der Waals surface area contributed by atoms with Crippen molar-refractivity contribution in [3.8, 4) is 5.75 Å². The molecule has 11 heavy (non-hydrogen) atoms. The molecule has 0 bridgehead atoms. The van der Waals surface area contributed by atoms with Crippen LogP contribution in [0.5, 0.6) is 5.75 Å². The number of nitrogens with zero attached hydrogens (tertiary/aromatic N) is 1. The van der Waals surface area contributed by atoms with Crippen molar-refractivity contribution < 1.29 is 4.74 Å². The number of fused-ring (bicyclic) bond motifs is 1. The largest absolute Gasteiger partial charge is 0.495 e. The van der Waals surface area contributed by atoms with E-state index in [1.54, 1.807) is 13.3 Å². The van der Waals surface area contributed by atoms with Crippen LogP contribution in [0.15, 0.2) is 12.3 Å². The summed E-state index contributed by atoms with van der Waals surface area (Å²) < 4.78 is 5.08. The van der Waals surface area contributed by atoms with E-state index in [0.29, 0.717) is 0 Å². The normalized spacial score (nSPS) is 14.6. The van der Waals surface area contributed by atoms with Gasteiger partial charge in [0.15, 0.2) is 0 Å². The predicted octanol–water partition coefficient (Wildman–Crippen LogP) is 1.58. The fraction of sp³-hybridized carbons (Fsp3) is 0.444. The van der Waals surface area contributed by atoms with E-state index in [4.69, 9.17) is 4.74 Å². The van der Waals surface area contributed by atoms with Gasteiger partial charge in [0.2, 0.25) is 0 Å². The standard InChI is InChI=1S/C9H11NO/c1-11-8-5-7-3-2-4-9(7)10-6-8/h5-6H,2-4H2,1H3. The van der Waals surface area contributed by atoms with Crippen LogP contribution in [0.1, 0.15) is 17.7 Å². The summed E-state index contributed by atoms with van der Waals surface area (Å²) in [5.41, 5.74) is 2.62. The van der Waals surface area contributed by atoms with Gasteiger partial charge in [-0.15, -0.1) is 0 Å². The molecule has 0 aliphatic heterocycles. The van der Waals surface area contributed by atoms with Gasteiger partial charge in [0.05, 0.1) is 13.3 Å². The predicted molar refractivity (Wildman–Crippen MR) is 42.8 cm³/mol. The maximum Gasteiger partial charge on any atom is 0.137 e. The lowest BCUT2D eigenvalue weighted by Gasteiger charge is -2.01. The van der Waals surface area contributed by atoms with Crippen LogP contribution in [0.3, 0.4) is 0 Å². The first-order chi connectivity index (χ1) is 5.40. The van der Waals surface area contributed by atoms with Crippen LogP contribution in [0.2, 0.25) is 0 Å². The number of methoxy groups -OCH3 is 1. The van der Waals surface area contributed by atoms with Crippen LogP contribution in [-0.2, 0) is 12.8 Å². The van der Waals surface area contributed by atoms with E-state index in [1.807, 2.05) is 0 Å². The monoisotopic (exact) mass is 149 g/mol. The number of aromatic nitrogens is 1. The number of ether oxygens (including phenoxy) is 1. The van der Waals surface area contributed by atoms with Gasteiger partial charge in [-0.2, -0.15) is 0 Å². The van der Waals surface area contributed by atoms with Crippen molar-refractivity contribution in [2.75, 3.05) is 7.11 Å². The van der Waals surface area contributed by atoms with E-state index in [9.17, 15) is 0 Å². The van der Waals surface area contributed by atoms with Crippen molar-refractivity contribution in [2.45, 2.75) is 19.3 Å². The average Bonchev–Trinajstić information content (AvgIpc) is 2.50. The van der Waals surface area contributed by atoms with Crippen molar-refractivity contribution in [3.63, 3.8) is 0 Å². The lowest BCUT2D eigenvalue weighted by molar-refractivity contribution is 0.412. The van der Waals surface area contributed by atoms with Gasteiger partial charge < -0.3 is 4.74 Å². The molecule has 1 aromatic heterocycles. The molecule has 0 spiro atoms. The first kappa shape index (κ1) is 6.65. The van der Waals surface area contributed by atoms with E-state index in [2.05, 4.69) is 11.1 Å². The Morgan fingerprint density at radius 2 is 2.36 bits per heavy atom. The molecular weight excluding hydrogens is 138 g/mol. The van der Waals surface area contributed by atoms with Crippen LogP contribution in [-0.4, -0.2) is 12.1 Å². The Hall–Kier alpha value is -1.05. The zero-order chi connectivity index (χ0) is 7.68. The Labute approximate surface area is 66.2 Å². The minimum atomic E-state index is 0.880. The Morgan fingerprint density at radius 3 is 3.18 bits per heavy atom. The number of rotatable bonds is 1. The van der Waals surface area contributed by atoms with E-state index in [1.165, 1.54) is 24.1 Å². The summed E-state index contributed by atoms with van der Waals surface area (Å²) in [6.07, 6.45) is 5.35. The Balaban J connectivity index is 2.41. The van der Waals surface area contributed by atoms with Crippen LogP contribution < -0.4 is 4.74 Å². The smallest absolute Gasteiger partial charge is 0.137 e. The summed E-state index contributed by atoms with van der Waals surface area (Å²) >= 11 is 0. The minimum absolute atomic E-state index is 0.880.